The molecule has 0 aliphatic carbocycles. The van der Waals surface area contributed by atoms with Gasteiger partial charge in [-0.1, -0.05) is 11.6 Å². The number of nitrogens with one attached hydrogen (secondary N) is 1. The maximum Gasteiger partial charge on any atom is 0.270 e. The lowest BCUT2D eigenvalue weighted by atomic mass is 10.1. The Bertz CT molecular complexity index is 675. The minimum absolute atomic E-state index is 0.00914. The maximum absolute atomic E-state index is 12.1. The first-order chi connectivity index (χ1) is 9.78. The summed E-state index contributed by atoms with van der Waals surface area (Å²) in [4.78, 5) is 22.1. The van der Waals surface area contributed by atoms with E-state index in [1.165, 1.54) is 12.1 Å². The molecule has 0 atom stereocenters. The lowest BCUT2D eigenvalue weighted by Gasteiger charge is -2.23. The number of sulfone groups is 1. The summed E-state index contributed by atoms with van der Waals surface area (Å²) in [5.74, 6) is -0.364. The number of nitro benzene ring substituents is 1. The third kappa shape index (κ3) is 3.92. The molecule has 0 spiro atoms. The van der Waals surface area contributed by atoms with Gasteiger partial charge in [-0.05, 0) is 18.9 Å². The Morgan fingerprint density at radius 1 is 1.33 bits per heavy atom. The highest BCUT2D eigenvalue weighted by atomic mass is 35.5. The number of halogens is 1. The first-order valence-electron chi connectivity index (χ1n) is 6.24. The molecule has 0 bridgehead atoms. The van der Waals surface area contributed by atoms with Crippen molar-refractivity contribution in [2.45, 2.75) is 18.9 Å². The van der Waals surface area contributed by atoms with E-state index in [0.717, 1.165) is 6.07 Å². The summed E-state index contributed by atoms with van der Waals surface area (Å²) in [6.07, 6.45) is 0.720. The third-order valence-corrected chi connectivity index (χ3v) is 5.33. The molecule has 1 aromatic carbocycles. The highest BCUT2D eigenvalue weighted by Gasteiger charge is 2.25. The van der Waals surface area contributed by atoms with Crippen molar-refractivity contribution in [3.05, 3.63) is 38.9 Å². The summed E-state index contributed by atoms with van der Waals surface area (Å²) in [6.45, 7) is 0. The van der Waals surface area contributed by atoms with Crippen LogP contribution in [0.2, 0.25) is 5.02 Å². The smallest absolute Gasteiger partial charge is 0.270 e. The van der Waals surface area contributed by atoms with Crippen LogP contribution in [0, 0.1) is 10.1 Å². The first kappa shape index (κ1) is 15.7. The molecule has 0 aromatic heterocycles. The van der Waals surface area contributed by atoms with Gasteiger partial charge in [0.1, 0.15) is 9.84 Å². The molecular weight excluding hydrogens is 320 g/mol. The number of hydrogen-bond acceptors (Lipinski definition) is 5. The molecule has 1 aliphatic heterocycles. The van der Waals surface area contributed by atoms with Crippen molar-refractivity contribution in [1.29, 1.82) is 0 Å². The maximum atomic E-state index is 12.1. The minimum atomic E-state index is -2.99. The van der Waals surface area contributed by atoms with Gasteiger partial charge in [0.15, 0.2) is 0 Å². The predicted octanol–water partition coefficient (Wildman–Crippen LogP) is 1.56. The van der Waals surface area contributed by atoms with Crippen molar-refractivity contribution >= 4 is 33.0 Å². The third-order valence-electron chi connectivity index (χ3n) is 3.30. The molecule has 9 heteroatoms. The Kier molecular flexibility index (Phi) is 4.48. The number of non-ortho nitro benzene ring substituents is 1. The zero-order chi connectivity index (χ0) is 15.6. The molecule has 0 unspecified atom stereocenters. The number of hydrogen-bond donors (Lipinski definition) is 1. The van der Waals surface area contributed by atoms with Crippen molar-refractivity contribution in [2.75, 3.05) is 11.5 Å². The molecule has 0 saturated carbocycles. The standard InChI is InChI=1S/C12H13ClN2O5S/c13-11-7-9(15(17)18)1-2-10(11)12(16)14-8-3-5-21(19,20)6-4-8/h1-2,7-8H,3-6H2,(H,14,16). The number of nitro groups is 1. The predicted molar refractivity (Wildman–Crippen MR) is 77.2 cm³/mol. The van der Waals surface area contributed by atoms with Crippen LogP contribution in [-0.4, -0.2) is 36.8 Å². The molecule has 1 amide bonds. The lowest BCUT2D eigenvalue weighted by Crippen LogP contribution is -2.40. The van der Waals surface area contributed by atoms with Gasteiger partial charge in [-0.25, -0.2) is 8.42 Å². The molecule has 21 heavy (non-hydrogen) atoms. The molecule has 2 rings (SSSR count). The minimum Gasteiger partial charge on any atom is -0.349 e. The molecule has 114 valence electrons. The molecule has 1 saturated heterocycles. The number of carbonyl (C=O) groups is 1. The highest BCUT2D eigenvalue weighted by Crippen LogP contribution is 2.23. The van der Waals surface area contributed by atoms with Crippen LogP contribution in [0.5, 0.6) is 0 Å². The normalized spacial score (nSPS) is 18.1. The average Bonchev–Trinajstić information content (AvgIpc) is 2.40. The lowest BCUT2D eigenvalue weighted by molar-refractivity contribution is -0.384. The van der Waals surface area contributed by atoms with E-state index < -0.39 is 20.7 Å². The van der Waals surface area contributed by atoms with Crippen LogP contribution in [0.4, 0.5) is 5.69 Å². The zero-order valence-corrected chi connectivity index (χ0v) is 12.5. The Morgan fingerprint density at radius 2 is 1.95 bits per heavy atom. The van der Waals surface area contributed by atoms with Crippen LogP contribution >= 0.6 is 11.6 Å². The molecule has 1 aliphatic rings. The highest BCUT2D eigenvalue weighted by molar-refractivity contribution is 7.91. The van der Waals surface area contributed by atoms with E-state index in [2.05, 4.69) is 5.32 Å². The second kappa shape index (κ2) is 5.98. The van der Waals surface area contributed by atoms with E-state index in [0.29, 0.717) is 12.8 Å². The number of amides is 1. The van der Waals surface area contributed by atoms with Gasteiger partial charge in [-0.2, -0.15) is 0 Å². The molecule has 1 aromatic rings. The van der Waals surface area contributed by atoms with Crippen molar-refractivity contribution in [2.24, 2.45) is 0 Å². The average molecular weight is 333 g/mol. The zero-order valence-electron chi connectivity index (χ0n) is 10.9. The van der Waals surface area contributed by atoms with Crippen molar-refractivity contribution in [3.63, 3.8) is 0 Å². The monoisotopic (exact) mass is 332 g/mol. The molecule has 1 fully saturated rings. The van der Waals surface area contributed by atoms with Crippen molar-refractivity contribution < 1.29 is 18.1 Å². The molecule has 0 radical (unpaired) electrons. The number of nitrogens with zero attached hydrogens (tertiary/aromatic N) is 1. The molecule has 1 heterocycles. The number of rotatable bonds is 3. The summed E-state index contributed by atoms with van der Waals surface area (Å²) in [6, 6.07) is 3.37. The van der Waals surface area contributed by atoms with Crippen LogP contribution in [0.25, 0.3) is 0 Å². The fraction of sp³-hybridized carbons (Fsp3) is 0.417. The molecule has 1 N–H and O–H groups in total. The van der Waals surface area contributed by atoms with E-state index in [-0.39, 0.29) is 33.8 Å². The topological polar surface area (TPSA) is 106 Å². The quantitative estimate of drug-likeness (QED) is 0.667. The Hall–Kier alpha value is -1.67. The van der Waals surface area contributed by atoms with E-state index in [1.54, 1.807) is 0 Å². The summed E-state index contributed by atoms with van der Waals surface area (Å²) < 4.78 is 22.6. The van der Waals surface area contributed by atoms with Gasteiger partial charge in [0.05, 0.1) is 27.0 Å². The van der Waals surface area contributed by atoms with Crippen LogP contribution in [-0.2, 0) is 9.84 Å². The van der Waals surface area contributed by atoms with Crippen LogP contribution in [0.3, 0.4) is 0 Å². The van der Waals surface area contributed by atoms with Crippen LogP contribution in [0.1, 0.15) is 23.2 Å². The van der Waals surface area contributed by atoms with Gasteiger partial charge in [0.25, 0.3) is 11.6 Å². The summed E-state index contributed by atoms with van der Waals surface area (Å²) in [5.41, 5.74) is -0.0593. The van der Waals surface area contributed by atoms with Gasteiger partial charge in [-0.3, -0.25) is 14.9 Å². The molecule has 7 nitrogen and oxygen atoms in total. The Morgan fingerprint density at radius 3 is 2.48 bits per heavy atom. The second-order valence-corrected chi connectivity index (χ2v) is 7.53. The van der Waals surface area contributed by atoms with E-state index >= 15 is 0 Å². The summed E-state index contributed by atoms with van der Waals surface area (Å²) in [7, 11) is -2.99. The Balaban J connectivity index is 2.06. The first-order valence-corrected chi connectivity index (χ1v) is 8.44. The van der Waals surface area contributed by atoms with Gasteiger partial charge < -0.3 is 5.32 Å². The largest absolute Gasteiger partial charge is 0.349 e. The summed E-state index contributed by atoms with van der Waals surface area (Å²) in [5, 5.41) is 13.3. The Labute approximate surface area is 126 Å². The second-order valence-electron chi connectivity index (χ2n) is 4.82. The van der Waals surface area contributed by atoms with Gasteiger partial charge in [0, 0.05) is 18.2 Å². The molecular formula is C12H13ClN2O5S. The van der Waals surface area contributed by atoms with E-state index in [1.807, 2.05) is 0 Å². The van der Waals surface area contributed by atoms with Gasteiger partial charge in [0.2, 0.25) is 0 Å². The van der Waals surface area contributed by atoms with E-state index in [9.17, 15) is 23.3 Å². The van der Waals surface area contributed by atoms with Crippen molar-refractivity contribution in [3.8, 4) is 0 Å². The van der Waals surface area contributed by atoms with Gasteiger partial charge >= 0.3 is 0 Å². The summed E-state index contributed by atoms with van der Waals surface area (Å²) >= 11 is 5.87. The van der Waals surface area contributed by atoms with Gasteiger partial charge in [-0.15, -0.1) is 0 Å². The number of carbonyl (C=O) groups excluding carboxylic acids is 1. The number of benzene rings is 1. The van der Waals surface area contributed by atoms with Crippen LogP contribution < -0.4 is 5.32 Å². The van der Waals surface area contributed by atoms with Crippen LogP contribution in [0.15, 0.2) is 18.2 Å². The SMILES string of the molecule is O=C(NC1CCS(=O)(=O)CC1)c1ccc([N+](=O)[O-])cc1Cl. The fourth-order valence-corrected chi connectivity index (χ4v) is 3.85. The van der Waals surface area contributed by atoms with Crippen molar-refractivity contribution in [1.82, 2.24) is 5.32 Å². The fourth-order valence-electron chi connectivity index (χ4n) is 2.10. The van der Waals surface area contributed by atoms with E-state index in [4.69, 9.17) is 11.6 Å².